The number of benzene rings is 2. The van der Waals surface area contributed by atoms with Crippen LogP contribution in [0, 0.1) is 5.92 Å². The smallest absolute Gasteiger partial charge is 0.224 e. The summed E-state index contributed by atoms with van der Waals surface area (Å²) in [4.78, 5) is 26.8. The van der Waals surface area contributed by atoms with Crippen LogP contribution in [0.4, 0.5) is 0 Å². The lowest BCUT2D eigenvalue weighted by Crippen LogP contribution is -2.42. The van der Waals surface area contributed by atoms with Crippen molar-refractivity contribution in [3.63, 3.8) is 0 Å². The van der Waals surface area contributed by atoms with Crippen molar-refractivity contribution >= 4 is 11.7 Å². The summed E-state index contributed by atoms with van der Waals surface area (Å²) in [6.45, 7) is 3.16. The minimum atomic E-state index is -0.0688. The lowest BCUT2D eigenvalue weighted by molar-refractivity contribution is -0.120. The molecule has 2 unspecified atom stereocenters. The van der Waals surface area contributed by atoms with E-state index in [1.165, 1.54) is 12.5 Å². The summed E-state index contributed by atoms with van der Waals surface area (Å²) in [5, 5.41) is 3.11. The number of Topliss-reactive ketones (excluding diaryl/α,β-unsaturated/α-hetero) is 1. The Morgan fingerprint density at radius 2 is 1.84 bits per heavy atom. The summed E-state index contributed by atoms with van der Waals surface area (Å²) in [5.41, 5.74) is 2.54. The van der Waals surface area contributed by atoms with Crippen LogP contribution in [-0.2, 0) is 11.2 Å². The molecule has 0 radical (unpaired) electrons. The standard InChI is InChI=1S/C25H32N2O4/c1-17(28)19-9-12-23(31-4)21(14-19)15-24(29)26-16-20-6-5-13-27(2)25(20)18-7-10-22(30-3)11-8-18/h7-12,14,20,25H,5-6,13,15-16H2,1-4H3,(H,26,29). The number of nitrogens with zero attached hydrogens (tertiary/aromatic N) is 1. The van der Waals surface area contributed by atoms with Crippen molar-refractivity contribution in [2.45, 2.75) is 32.2 Å². The van der Waals surface area contributed by atoms with Crippen molar-refractivity contribution in [1.29, 1.82) is 0 Å². The van der Waals surface area contributed by atoms with E-state index < -0.39 is 0 Å². The molecule has 1 aliphatic rings. The van der Waals surface area contributed by atoms with E-state index in [4.69, 9.17) is 9.47 Å². The van der Waals surface area contributed by atoms with Gasteiger partial charge in [-0.25, -0.2) is 0 Å². The molecule has 3 rings (SSSR count). The van der Waals surface area contributed by atoms with Gasteiger partial charge in [0.15, 0.2) is 5.78 Å². The molecule has 2 aromatic rings. The second-order valence-electron chi connectivity index (χ2n) is 8.16. The maximum Gasteiger partial charge on any atom is 0.224 e. The Hall–Kier alpha value is -2.86. The van der Waals surface area contributed by atoms with Crippen molar-refractivity contribution in [3.8, 4) is 11.5 Å². The minimum absolute atomic E-state index is 0.0307. The quantitative estimate of drug-likeness (QED) is 0.655. The van der Waals surface area contributed by atoms with Gasteiger partial charge in [0.05, 0.1) is 20.6 Å². The van der Waals surface area contributed by atoms with Gasteiger partial charge in [0, 0.05) is 23.7 Å². The number of hydrogen-bond acceptors (Lipinski definition) is 5. The van der Waals surface area contributed by atoms with Gasteiger partial charge in [-0.15, -0.1) is 0 Å². The normalized spacial score (nSPS) is 19.0. The van der Waals surface area contributed by atoms with Gasteiger partial charge in [0.2, 0.25) is 5.91 Å². The summed E-state index contributed by atoms with van der Waals surface area (Å²) in [6, 6.07) is 13.7. The topological polar surface area (TPSA) is 67.9 Å². The van der Waals surface area contributed by atoms with Crippen LogP contribution < -0.4 is 14.8 Å². The number of ketones is 1. The van der Waals surface area contributed by atoms with Gasteiger partial charge in [-0.1, -0.05) is 12.1 Å². The minimum Gasteiger partial charge on any atom is -0.497 e. The third kappa shape index (κ3) is 5.64. The van der Waals surface area contributed by atoms with E-state index in [0.29, 0.717) is 23.8 Å². The lowest BCUT2D eigenvalue weighted by atomic mass is 9.85. The molecule has 2 atom stereocenters. The molecule has 1 saturated heterocycles. The first-order chi connectivity index (χ1) is 14.9. The highest BCUT2D eigenvalue weighted by atomic mass is 16.5. The molecule has 31 heavy (non-hydrogen) atoms. The molecule has 0 spiro atoms. The van der Waals surface area contributed by atoms with E-state index in [0.717, 1.165) is 30.7 Å². The van der Waals surface area contributed by atoms with Crippen LogP contribution in [-0.4, -0.2) is 50.9 Å². The summed E-state index contributed by atoms with van der Waals surface area (Å²) in [7, 11) is 5.38. The number of methoxy groups -OCH3 is 2. The van der Waals surface area contributed by atoms with E-state index >= 15 is 0 Å². The van der Waals surface area contributed by atoms with Gasteiger partial charge >= 0.3 is 0 Å². The Morgan fingerprint density at radius 3 is 2.48 bits per heavy atom. The zero-order valence-corrected chi connectivity index (χ0v) is 18.8. The number of hydrogen-bond donors (Lipinski definition) is 1. The number of amides is 1. The monoisotopic (exact) mass is 424 g/mol. The van der Waals surface area contributed by atoms with E-state index in [2.05, 4.69) is 29.4 Å². The average Bonchev–Trinajstić information content (AvgIpc) is 2.77. The largest absolute Gasteiger partial charge is 0.497 e. The van der Waals surface area contributed by atoms with Crippen LogP contribution in [0.2, 0.25) is 0 Å². The maximum atomic E-state index is 12.7. The lowest BCUT2D eigenvalue weighted by Gasteiger charge is -2.39. The predicted molar refractivity (Wildman–Crippen MR) is 121 cm³/mol. The number of carbonyl (C=O) groups excluding carboxylic acids is 2. The Labute approximate surface area is 184 Å². The fourth-order valence-electron chi connectivity index (χ4n) is 4.42. The second-order valence-corrected chi connectivity index (χ2v) is 8.16. The molecule has 0 aromatic heterocycles. The Bertz CT molecular complexity index is 910. The third-order valence-electron chi connectivity index (χ3n) is 6.06. The van der Waals surface area contributed by atoms with Crippen molar-refractivity contribution < 1.29 is 19.1 Å². The zero-order chi connectivity index (χ0) is 22.4. The first-order valence-corrected chi connectivity index (χ1v) is 10.7. The van der Waals surface area contributed by atoms with Gasteiger partial charge < -0.3 is 14.8 Å². The van der Waals surface area contributed by atoms with Gasteiger partial charge in [0.1, 0.15) is 11.5 Å². The van der Waals surface area contributed by atoms with E-state index in [9.17, 15) is 9.59 Å². The molecule has 0 bridgehead atoms. The molecule has 1 N–H and O–H groups in total. The van der Waals surface area contributed by atoms with Crippen LogP contribution in [0.5, 0.6) is 11.5 Å². The maximum absolute atomic E-state index is 12.7. The van der Waals surface area contributed by atoms with Gasteiger partial charge in [-0.2, -0.15) is 0 Å². The molecule has 166 valence electrons. The molecule has 0 saturated carbocycles. The van der Waals surface area contributed by atoms with Crippen LogP contribution in [0.1, 0.15) is 47.3 Å². The summed E-state index contributed by atoms with van der Waals surface area (Å²) in [5.74, 6) is 1.68. The SMILES string of the molecule is COc1ccc(C2C(CNC(=O)Cc3cc(C(C)=O)ccc3OC)CCCN2C)cc1. The van der Waals surface area contributed by atoms with E-state index in [1.54, 1.807) is 32.4 Å². The average molecular weight is 425 g/mol. The molecule has 2 aromatic carbocycles. The highest BCUT2D eigenvalue weighted by Crippen LogP contribution is 2.35. The number of ether oxygens (including phenoxy) is 2. The molecule has 1 fully saturated rings. The van der Waals surface area contributed by atoms with Crippen molar-refractivity contribution in [2.24, 2.45) is 5.92 Å². The predicted octanol–water partition coefficient (Wildman–Crippen LogP) is 3.65. The van der Waals surface area contributed by atoms with Crippen molar-refractivity contribution in [3.05, 3.63) is 59.2 Å². The third-order valence-corrected chi connectivity index (χ3v) is 6.06. The van der Waals surface area contributed by atoms with E-state index in [-0.39, 0.29) is 24.2 Å². The number of carbonyl (C=O) groups is 2. The van der Waals surface area contributed by atoms with E-state index in [1.807, 2.05) is 12.1 Å². The summed E-state index contributed by atoms with van der Waals surface area (Å²) in [6.07, 6.45) is 2.35. The Morgan fingerprint density at radius 1 is 1.10 bits per heavy atom. The second kappa shape index (κ2) is 10.4. The van der Waals surface area contributed by atoms with Gasteiger partial charge in [-0.05, 0) is 75.2 Å². The number of piperidine rings is 1. The fourth-order valence-corrected chi connectivity index (χ4v) is 4.42. The van der Waals surface area contributed by atoms with Crippen LogP contribution in [0.3, 0.4) is 0 Å². The van der Waals surface area contributed by atoms with Crippen LogP contribution in [0.15, 0.2) is 42.5 Å². The van der Waals surface area contributed by atoms with Crippen LogP contribution in [0.25, 0.3) is 0 Å². The van der Waals surface area contributed by atoms with Crippen molar-refractivity contribution in [2.75, 3.05) is 34.4 Å². The molecule has 1 amide bonds. The molecule has 6 heteroatoms. The molecular formula is C25H32N2O4. The molecule has 6 nitrogen and oxygen atoms in total. The fraction of sp³-hybridized carbons (Fsp3) is 0.440. The zero-order valence-electron chi connectivity index (χ0n) is 18.8. The molecule has 1 heterocycles. The van der Waals surface area contributed by atoms with Gasteiger partial charge in [0.25, 0.3) is 0 Å². The van der Waals surface area contributed by atoms with Gasteiger partial charge in [-0.3, -0.25) is 14.5 Å². The Balaban J connectivity index is 1.68. The highest BCUT2D eigenvalue weighted by Gasteiger charge is 2.30. The summed E-state index contributed by atoms with van der Waals surface area (Å²) >= 11 is 0. The molecule has 0 aliphatic carbocycles. The molecule has 1 aliphatic heterocycles. The first kappa shape index (κ1) is 22.8. The Kier molecular flexibility index (Phi) is 7.69. The first-order valence-electron chi connectivity index (χ1n) is 10.7. The number of rotatable bonds is 8. The number of likely N-dealkylation sites (tertiary alicyclic amines) is 1. The summed E-state index contributed by atoms with van der Waals surface area (Å²) < 4.78 is 10.7. The molecular weight excluding hydrogens is 392 g/mol. The van der Waals surface area contributed by atoms with Crippen LogP contribution >= 0.6 is 0 Å². The number of nitrogens with one attached hydrogen (secondary N) is 1. The van der Waals surface area contributed by atoms with Crippen molar-refractivity contribution in [1.82, 2.24) is 10.2 Å². The highest BCUT2D eigenvalue weighted by molar-refractivity contribution is 5.94.